The van der Waals surface area contributed by atoms with Gasteiger partial charge in [-0.15, -0.1) is 0 Å². The van der Waals surface area contributed by atoms with Crippen LogP contribution in [0, 0.1) is 34.0 Å². The fraction of sp³-hybridized carbons (Fsp3) is 0.613. The molecule has 0 amide bonds. The Morgan fingerprint density at radius 1 is 1.34 bits per heavy atom. The van der Waals surface area contributed by atoms with E-state index in [2.05, 4.69) is 53.0 Å². The number of hydrogen-bond donors (Lipinski definition) is 0. The summed E-state index contributed by atoms with van der Waals surface area (Å²) in [5, 5.41) is 0. The first kappa shape index (κ1) is 25.7. The molecule has 0 radical (unpaired) electrons. The van der Waals surface area contributed by atoms with Crippen LogP contribution >= 0.6 is 0 Å². The Bertz CT molecular complexity index is 1060. The second kappa shape index (κ2) is 8.94. The summed E-state index contributed by atoms with van der Waals surface area (Å²) in [6.45, 7) is 20.0. The maximum Gasteiger partial charge on any atom is 0.339 e. The van der Waals surface area contributed by atoms with Gasteiger partial charge in [-0.1, -0.05) is 56.7 Å². The van der Waals surface area contributed by atoms with E-state index in [0.717, 1.165) is 38.5 Å². The minimum Gasteiger partial charge on any atom is -0.469 e. The molecule has 35 heavy (non-hydrogen) atoms. The largest absolute Gasteiger partial charge is 0.469 e. The van der Waals surface area contributed by atoms with Gasteiger partial charge in [0.15, 0.2) is 0 Å². The van der Waals surface area contributed by atoms with E-state index in [1.165, 1.54) is 23.8 Å². The summed E-state index contributed by atoms with van der Waals surface area (Å²) in [4.78, 5) is 24.1. The Kier molecular flexibility index (Phi) is 6.57. The maximum atomic E-state index is 12.2. The zero-order valence-corrected chi connectivity index (χ0v) is 22.5. The van der Waals surface area contributed by atoms with Crippen LogP contribution < -0.4 is 0 Å². The van der Waals surface area contributed by atoms with Crippen molar-refractivity contribution < 1.29 is 19.1 Å². The average Bonchev–Trinajstić information content (AvgIpc) is 3.44. The van der Waals surface area contributed by atoms with Gasteiger partial charge in [0, 0.05) is 17.4 Å². The predicted octanol–water partition coefficient (Wildman–Crippen LogP) is 7.24. The molecule has 2 saturated carbocycles. The number of esters is 2. The molecule has 4 aliphatic rings. The lowest BCUT2D eigenvalue weighted by Crippen LogP contribution is -2.45. The van der Waals surface area contributed by atoms with Crippen LogP contribution in [-0.4, -0.2) is 19.0 Å². The molecule has 1 heterocycles. The van der Waals surface area contributed by atoms with Crippen molar-refractivity contribution in [1.29, 1.82) is 0 Å². The Hall–Kier alpha value is -2.36. The number of cyclic esters (lactones) is 1. The number of fused-ring (bicyclic) bond motifs is 2. The lowest BCUT2D eigenvalue weighted by atomic mass is 9.51. The summed E-state index contributed by atoms with van der Waals surface area (Å²) >= 11 is 0. The third kappa shape index (κ3) is 3.79. The van der Waals surface area contributed by atoms with E-state index in [-0.39, 0.29) is 34.1 Å². The molecule has 0 unspecified atom stereocenters. The van der Waals surface area contributed by atoms with Gasteiger partial charge < -0.3 is 9.47 Å². The van der Waals surface area contributed by atoms with Crippen LogP contribution in [0.5, 0.6) is 0 Å². The highest BCUT2D eigenvalue weighted by molar-refractivity contribution is 5.92. The summed E-state index contributed by atoms with van der Waals surface area (Å²) in [5.41, 5.74) is 4.61. The van der Waals surface area contributed by atoms with Gasteiger partial charge in [-0.2, -0.15) is 0 Å². The monoisotopic (exact) mass is 478 g/mol. The second-order valence-corrected chi connectivity index (χ2v) is 12.0. The molecule has 1 spiro atoms. The highest BCUT2D eigenvalue weighted by Crippen LogP contribution is 2.73. The summed E-state index contributed by atoms with van der Waals surface area (Å²) < 4.78 is 10.5. The molecule has 0 aromatic rings. The third-order valence-corrected chi connectivity index (χ3v) is 10.4. The minimum atomic E-state index is -0.248. The van der Waals surface area contributed by atoms with Crippen molar-refractivity contribution >= 4 is 11.9 Å². The zero-order chi connectivity index (χ0) is 25.8. The Morgan fingerprint density at radius 3 is 2.66 bits per heavy atom. The van der Waals surface area contributed by atoms with E-state index >= 15 is 0 Å². The predicted molar refractivity (Wildman–Crippen MR) is 139 cm³/mol. The number of allylic oxidation sites excluding steroid dienone is 6. The third-order valence-electron chi connectivity index (χ3n) is 10.4. The molecule has 0 aromatic carbocycles. The highest BCUT2D eigenvalue weighted by atomic mass is 16.5. The molecule has 2 fully saturated rings. The zero-order valence-electron chi connectivity index (χ0n) is 22.5. The molecule has 1 aliphatic heterocycles. The summed E-state index contributed by atoms with van der Waals surface area (Å²) in [5.74, 6) is 1.24. The van der Waals surface area contributed by atoms with Gasteiger partial charge in [-0.25, -0.2) is 4.79 Å². The number of hydrogen-bond acceptors (Lipinski definition) is 4. The summed E-state index contributed by atoms with van der Waals surface area (Å²) in [6.07, 6.45) is 13.0. The summed E-state index contributed by atoms with van der Waals surface area (Å²) in [6, 6.07) is 0. The molecular weight excluding hydrogens is 436 g/mol. The number of ether oxygens (including phenoxy) is 2. The Balaban J connectivity index is 1.74. The fourth-order valence-corrected chi connectivity index (χ4v) is 8.16. The molecule has 0 aromatic heterocycles. The Morgan fingerprint density at radius 2 is 2.06 bits per heavy atom. The number of methoxy groups -OCH3 is 1. The average molecular weight is 479 g/mol. The van der Waals surface area contributed by atoms with E-state index < -0.39 is 0 Å². The molecule has 0 bridgehead atoms. The van der Waals surface area contributed by atoms with Crippen molar-refractivity contribution in [3.8, 4) is 0 Å². The molecule has 3 aliphatic carbocycles. The molecule has 190 valence electrons. The van der Waals surface area contributed by atoms with Gasteiger partial charge in [0.1, 0.15) is 5.76 Å². The van der Waals surface area contributed by atoms with E-state index in [0.29, 0.717) is 29.6 Å². The smallest absolute Gasteiger partial charge is 0.339 e. The van der Waals surface area contributed by atoms with Crippen LogP contribution in [0.4, 0.5) is 0 Å². The first-order valence-corrected chi connectivity index (χ1v) is 13.1. The van der Waals surface area contributed by atoms with Crippen LogP contribution in [-0.2, 0) is 19.1 Å². The van der Waals surface area contributed by atoms with E-state index in [1.54, 1.807) is 6.92 Å². The van der Waals surface area contributed by atoms with Crippen LogP contribution in [0.3, 0.4) is 0 Å². The van der Waals surface area contributed by atoms with Gasteiger partial charge in [0.25, 0.3) is 0 Å². The van der Waals surface area contributed by atoms with Crippen molar-refractivity contribution in [2.75, 3.05) is 7.11 Å². The molecular formula is C31H42O4. The molecule has 0 saturated heterocycles. The SMILES string of the molecule is C=C(C)[C@H]1CC=C2[C@H](CC[C@]23C(=C)CC[C@@]3(C)[C@@H](C)/C=C2/C=C(C)C(=O)O2)[C@@]1(C)CCC(=O)OC. The van der Waals surface area contributed by atoms with Gasteiger partial charge in [-0.05, 0) is 93.1 Å². The molecule has 6 atom stereocenters. The quantitative estimate of drug-likeness (QED) is 0.298. The molecule has 4 nitrogen and oxygen atoms in total. The number of rotatable bonds is 6. The molecule has 4 heteroatoms. The summed E-state index contributed by atoms with van der Waals surface area (Å²) in [7, 11) is 1.47. The minimum absolute atomic E-state index is 0.0201. The maximum absolute atomic E-state index is 12.2. The van der Waals surface area contributed by atoms with Gasteiger partial charge in [-0.3, -0.25) is 4.79 Å². The van der Waals surface area contributed by atoms with Crippen LogP contribution in [0.2, 0.25) is 0 Å². The Labute approximate surface area is 211 Å². The number of carbonyl (C=O) groups is 2. The van der Waals surface area contributed by atoms with E-state index in [9.17, 15) is 9.59 Å². The first-order chi connectivity index (χ1) is 16.4. The molecule has 0 N–H and O–H groups in total. The van der Waals surface area contributed by atoms with Crippen LogP contribution in [0.25, 0.3) is 0 Å². The van der Waals surface area contributed by atoms with Gasteiger partial charge in [0.05, 0.1) is 7.11 Å². The van der Waals surface area contributed by atoms with Crippen molar-refractivity contribution in [2.24, 2.45) is 34.0 Å². The normalized spacial score (nSPS) is 38.3. The van der Waals surface area contributed by atoms with E-state index in [4.69, 9.17) is 9.47 Å². The lowest BCUT2D eigenvalue weighted by molar-refractivity contribution is -0.141. The second-order valence-electron chi connectivity index (χ2n) is 12.0. The van der Waals surface area contributed by atoms with E-state index in [1.807, 2.05) is 6.08 Å². The van der Waals surface area contributed by atoms with Gasteiger partial charge in [0.2, 0.25) is 0 Å². The topological polar surface area (TPSA) is 52.6 Å². The fourth-order valence-electron chi connectivity index (χ4n) is 8.16. The molecule has 4 rings (SSSR count). The lowest BCUT2D eigenvalue weighted by Gasteiger charge is -2.52. The highest BCUT2D eigenvalue weighted by Gasteiger charge is 2.64. The first-order valence-electron chi connectivity index (χ1n) is 13.1. The van der Waals surface area contributed by atoms with Crippen molar-refractivity contribution in [1.82, 2.24) is 0 Å². The van der Waals surface area contributed by atoms with Crippen LogP contribution in [0.15, 0.2) is 59.4 Å². The van der Waals surface area contributed by atoms with Crippen molar-refractivity contribution in [2.45, 2.75) is 79.6 Å². The van der Waals surface area contributed by atoms with Gasteiger partial charge >= 0.3 is 11.9 Å². The van der Waals surface area contributed by atoms with Crippen molar-refractivity contribution in [3.05, 3.63) is 59.4 Å². The standard InChI is InChI=1S/C31H42O4/c1-19(2)24-9-10-26-25(29(24,6)14-13-27(32)34-8)12-16-31(26)21(4)11-15-30(31,7)22(5)18-23-17-20(3)28(33)35-23/h10,17-18,22,24-25H,1,4,9,11-16H2,2-3,5-8H3/b23-18-/t22-,24+,25-,29-,30-,31-/m0/s1. The van der Waals surface area contributed by atoms with Crippen LogP contribution in [0.1, 0.15) is 79.6 Å². The number of carbonyl (C=O) groups excluding carboxylic acids is 2. The van der Waals surface area contributed by atoms with Crippen molar-refractivity contribution in [3.63, 3.8) is 0 Å².